The van der Waals surface area contributed by atoms with Gasteiger partial charge in [-0.15, -0.1) is 11.3 Å². The molecule has 2 amide bonds. The summed E-state index contributed by atoms with van der Waals surface area (Å²) in [6.45, 7) is 8.30. The molecule has 0 aliphatic heterocycles. The summed E-state index contributed by atoms with van der Waals surface area (Å²) < 4.78 is 0. The molecule has 0 saturated heterocycles. The van der Waals surface area contributed by atoms with Crippen molar-refractivity contribution in [1.29, 1.82) is 0 Å². The fourth-order valence-electron chi connectivity index (χ4n) is 3.15. The highest BCUT2D eigenvalue weighted by Crippen LogP contribution is 2.40. The Morgan fingerprint density at radius 1 is 1.09 bits per heavy atom. The molecule has 2 aromatic heterocycles. The number of aryl methyl sites for hydroxylation is 1. The van der Waals surface area contributed by atoms with Crippen LogP contribution in [0.15, 0.2) is 67.1 Å². The van der Waals surface area contributed by atoms with Crippen molar-refractivity contribution in [1.82, 2.24) is 15.0 Å². The van der Waals surface area contributed by atoms with Gasteiger partial charge < -0.3 is 5.32 Å². The van der Waals surface area contributed by atoms with Crippen LogP contribution >= 0.6 is 11.3 Å². The minimum Gasteiger partial charge on any atom is -0.306 e. The molecule has 4 aromatic rings. The Morgan fingerprint density at radius 2 is 1.85 bits per heavy atom. The van der Waals surface area contributed by atoms with Crippen molar-refractivity contribution in [2.24, 2.45) is 0 Å². The van der Waals surface area contributed by atoms with E-state index in [1.807, 2.05) is 31.2 Å². The molecule has 0 bridgehead atoms. The second-order valence-corrected chi connectivity index (χ2v) is 9.70. The van der Waals surface area contributed by atoms with Crippen molar-refractivity contribution < 1.29 is 10.0 Å². The van der Waals surface area contributed by atoms with Crippen LogP contribution in [0.2, 0.25) is 0 Å². The normalized spacial score (nSPS) is 11.3. The lowest BCUT2D eigenvalue weighted by Crippen LogP contribution is -2.31. The molecular weight excluding hydrogens is 434 g/mol. The lowest BCUT2D eigenvalue weighted by Gasteiger charge is -2.17. The van der Waals surface area contributed by atoms with Crippen molar-refractivity contribution in [3.63, 3.8) is 0 Å². The molecule has 0 spiro atoms. The topological polar surface area (TPSA) is 91.2 Å². The van der Waals surface area contributed by atoms with Crippen molar-refractivity contribution >= 4 is 28.7 Å². The van der Waals surface area contributed by atoms with E-state index in [0.29, 0.717) is 16.4 Å². The Kier molecular flexibility index (Phi) is 6.22. The number of hydroxylamine groups is 1. The largest absolute Gasteiger partial charge is 0.350 e. The minimum absolute atomic E-state index is 0.140. The molecule has 0 aliphatic rings. The second-order valence-electron chi connectivity index (χ2n) is 8.70. The number of anilines is 2. The van der Waals surface area contributed by atoms with Crippen LogP contribution < -0.4 is 10.4 Å². The van der Waals surface area contributed by atoms with Crippen molar-refractivity contribution in [2.75, 3.05) is 10.4 Å². The predicted molar refractivity (Wildman–Crippen MR) is 132 cm³/mol. The standard InChI is InChI=1S/C25H25N5O2S/c1-16-8-10-18(11-9-16)28-24(31)30(32)19-7-5-6-17(14-19)22-21(20-12-13-26-15-27-20)29-23(33-22)25(2,3)4/h5-15,32H,1-4H3,(H,28,31). The number of nitrogens with one attached hydrogen (secondary N) is 1. The zero-order valence-electron chi connectivity index (χ0n) is 18.9. The number of benzene rings is 2. The van der Waals surface area contributed by atoms with Gasteiger partial charge in [0.1, 0.15) is 12.0 Å². The number of carbonyl (C=O) groups excluding carboxylic acids is 1. The molecule has 0 unspecified atom stereocenters. The van der Waals surface area contributed by atoms with Crippen molar-refractivity contribution in [3.8, 4) is 21.8 Å². The molecule has 2 aromatic carbocycles. The number of aromatic nitrogens is 3. The number of hydrogen-bond donors (Lipinski definition) is 2. The van der Waals surface area contributed by atoms with Gasteiger partial charge in [0.2, 0.25) is 0 Å². The van der Waals surface area contributed by atoms with Crippen molar-refractivity contribution in [2.45, 2.75) is 33.1 Å². The van der Waals surface area contributed by atoms with Crippen LogP contribution in [-0.2, 0) is 5.41 Å². The summed E-state index contributed by atoms with van der Waals surface area (Å²) in [4.78, 5) is 26.8. The molecule has 168 valence electrons. The molecule has 4 rings (SSSR count). The average molecular weight is 460 g/mol. The third-order valence-electron chi connectivity index (χ3n) is 4.94. The predicted octanol–water partition coefficient (Wildman–Crippen LogP) is 6.30. The van der Waals surface area contributed by atoms with Gasteiger partial charge in [0.05, 0.1) is 21.3 Å². The number of rotatable bonds is 4. The quantitative estimate of drug-likeness (QED) is 0.276. The smallest absolute Gasteiger partial charge is 0.306 e. The maximum atomic E-state index is 12.6. The SMILES string of the molecule is Cc1ccc(NC(=O)N(O)c2cccc(-c3sc(C(C)(C)C)nc3-c3ccncn3)c2)cc1. The van der Waals surface area contributed by atoms with Gasteiger partial charge in [0.25, 0.3) is 0 Å². The Bertz CT molecular complexity index is 1260. The van der Waals surface area contributed by atoms with Gasteiger partial charge in [-0.1, -0.05) is 50.6 Å². The second kappa shape index (κ2) is 9.09. The lowest BCUT2D eigenvalue weighted by molar-refractivity contribution is 0.216. The molecular formula is C25H25N5O2S. The monoisotopic (exact) mass is 459 g/mol. The molecule has 0 saturated carbocycles. The van der Waals surface area contributed by atoms with E-state index in [-0.39, 0.29) is 5.41 Å². The molecule has 2 heterocycles. The highest BCUT2D eigenvalue weighted by atomic mass is 32.1. The van der Waals surface area contributed by atoms with Gasteiger partial charge in [-0.05, 0) is 42.8 Å². The number of urea groups is 1. The Balaban J connectivity index is 1.68. The lowest BCUT2D eigenvalue weighted by atomic mass is 9.98. The Labute approximate surface area is 196 Å². The molecule has 8 heteroatoms. The van der Waals surface area contributed by atoms with Gasteiger partial charge in [0.15, 0.2) is 0 Å². The Morgan fingerprint density at radius 3 is 2.52 bits per heavy atom. The van der Waals surface area contributed by atoms with Crippen LogP contribution in [-0.4, -0.2) is 26.2 Å². The highest BCUT2D eigenvalue weighted by Gasteiger charge is 2.24. The minimum atomic E-state index is -0.647. The zero-order valence-corrected chi connectivity index (χ0v) is 19.7. The maximum Gasteiger partial charge on any atom is 0.350 e. The summed E-state index contributed by atoms with van der Waals surface area (Å²) in [6.07, 6.45) is 3.18. The van der Waals surface area contributed by atoms with Crippen LogP contribution in [0.25, 0.3) is 21.8 Å². The van der Waals surface area contributed by atoms with Crippen LogP contribution in [0.4, 0.5) is 16.2 Å². The summed E-state index contributed by atoms with van der Waals surface area (Å²) >= 11 is 1.57. The van der Waals surface area contributed by atoms with Crippen LogP contribution in [0.1, 0.15) is 31.3 Å². The molecule has 2 N–H and O–H groups in total. The van der Waals surface area contributed by atoms with Crippen LogP contribution in [0, 0.1) is 6.92 Å². The van der Waals surface area contributed by atoms with Crippen LogP contribution in [0.5, 0.6) is 0 Å². The van der Waals surface area contributed by atoms with Gasteiger partial charge in [-0.25, -0.2) is 19.7 Å². The fraction of sp³-hybridized carbons (Fsp3) is 0.200. The first kappa shape index (κ1) is 22.6. The molecule has 0 aliphatic carbocycles. The number of thiazole rings is 1. The number of hydrogen-bond acceptors (Lipinski definition) is 6. The zero-order chi connectivity index (χ0) is 23.6. The first-order chi connectivity index (χ1) is 15.7. The number of carbonyl (C=O) groups is 1. The van der Waals surface area contributed by atoms with Gasteiger partial charge in [-0.2, -0.15) is 5.06 Å². The van der Waals surface area contributed by atoms with E-state index in [9.17, 15) is 10.0 Å². The summed E-state index contributed by atoms with van der Waals surface area (Å²) in [5.74, 6) is 0. The van der Waals surface area contributed by atoms with Crippen molar-refractivity contribution in [3.05, 3.63) is 77.7 Å². The first-order valence-electron chi connectivity index (χ1n) is 10.5. The molecule has 33 heavy (non-hydrogen) atoms. The van der Waals surface area contributed by atoms with E-state index in [1.165, 1.54) is 6.33 Å². The summed E-state index contributed by atoms with van der Waals surface area (Å²) in [7, 11) is 0. The van der Waals surface area contributed by atoms with Gasteiger partial charge >= 0.3 is 6.03 Å². The third-order valence-corrected chi connectivity index (χ3v) is 6.47. The van der Waals surface area contributed by atoms with E-state index >= 15 is 0 Å². The Hall–Kier alpha value is -3.62. The fourth-order valence-corrected chi connectivity index (χ4v) is 4.28. The third kappa shape index (κ3) is 5.08. The van der Waals surface area contributed by atoms with Gasteiger partial charge in [-0.3, -0.25) is 5.21 Å². The maximum absolute atomic E-state index is 12.6. The van der Waals surface area contributed by atoms with E-state index in [0.717, 1.165) is 32.4 Å². The first-order valence-corrected chi connectivity index (χ1v) is 11.3. The summed E-state index contributed by atoms with van der Waals surface area (Å²) in [5, 5.41) is 14.9. The molecule has 0 radical (unpaired) electrons. The van der Waals surface area contributed by atoms with E-state index in [2.05, 4.69) is 36.1 Å². The number of nitrogens with zero attached hydrogens (tertiary/aromatic N) is 4. The molecule has 0 fully saturated rings. The molecule has 7 nitrogen and oxygen atoms in total. The number of amides is 2. The van der Waals surface area contributed by atoms with E-state index in [4.69, 9.17) is 4.98 Å². The average Bonchev–Trinajstić information content (AvgIpc) is 3.27. The summed E-state index contributed by atoms with van der Waals surface area (Å²) in [5.41, 5.74) is 4.18. The van der Waals surface area contributed by atoms with E-state index < -0.39 is 6.03 Å². The van der Waals surface area contributed by atoms with Crippen LogP contribution in [0.3, 0.4) is 0 Å². The highest BCUT2D eigenvalue weighted by molar-refractivity contribution is 7.15. The summed E-state index contributed by atoms with van der Waals surface area (Å²) in [6, 6.07) is 15.7. The van der Waals surface area contributed by atoms with E-state index in [1.54, 1.807) is 47.9 Å². The molecule has 0 atom stereocenters. The van der Waals surface area contributed by atoms with Gasteiger partial charge in [0, 0.05) is 17.3 Å².